The van der Waals surface area contributed by atoms with Crippen molar-refractivity contribution in [3.8, 4) is 11.1 Å². The van der Waals surface area contributed by atoms with Crippen LogP contribution in [0.2, 0.25) is 5.02 Å². The van der Waals surface area contributed by atoms with E-state index in [0.717, 1.165) is 47.7 Å². The lowest BCUT2D eigenvalue weighted by Crippen LogP contribution is -2.55. The van der Waals surface area contributed by atoms with E-state index >= 15 is 0 Å². The van der Waals surface area contributed by atoms with Gasteiger partial charge in [-0.15, -0.1) is 0 Å². The summed E-state index contributed by atoms with van der Waals surface area (Å²) < 4.78 is 5.56. The number of benzene rings is 2. The van der Waals surface area contributed by atoms with Gasteiger partial charge in [0.1, 0.15) is 11.8 Å². The van der Waals surface area contributed by atoms with Gasteiger partial charge in [-0.05, 0) is 49.4 Å². The number of aromatic nitrogens is 1. The molecule has 9 heteroatoms. The fraction of sp³-hybridized carbons (Fsp3) is 0.433. The van der Waals surface area contributed by atoms with E-state index in [2.05, 4.69) is 9.88 Å². The summed E-state index contributed by atoms with van der Waals surface area (Å²) in [6.07, 6.45) is 2.97. The van der Waals surface area contributed by atoms with Gasteiger partial charge in [0.2, 0.25) is 5.91 Å². The first-order chi connectivity index (χ1) is 19.0. The molecule has 0 radical (unpaired) electrons. The maximum atomic E-state index is 13.6. The second kappa shape index (κ2) is 11.0. The molecule has 2 amide bonds. The summed E-state index contributed by atoms with van der Waals surface area (Å²) in [5, 5.41) is 1.48. The molecule has 0 unspecified atom stereocenters. The average Bonchev–Trinajstić information content (AvgIpc) is 3.52. The summed E-state index contributed by atoms with van der Waals surface area (Å²) in [6.45, 7) is 3.93. The monoisotopic (exact) mass is 548 g/mol. The third kappa shape index (κ3) is 5.15. The number of carbonyl (C=O) groups is 2. The van der Waals surface area contributed by atoms with Crippen LogP contribution >= 0.6 is 11.6 Å². The van der Waals surface area contributed by atoms with Crippen molar-refractivity contribution in [1.82, 2.24) is 14.8 Å². The standard InChI is InChI=1S/C30H33ClN4O4/c31-22-10-11-24-23(18-22)26(20-6-2-1-3-7-20)27(28(36)32-24)35-12-4-8-21(19-35)29(37)33-13-15-34(16-14-33)30(38)25-9-5-17-39-25/h1-3,6-7,10-11,18,21,25H,4-5,8-9,12-17,19H2,(H,32,36)/t21-,25+/m0/s1. The molecule has 3 aliphatic heterocycles. The third-order valence-electron chi connectivity index (χ3n) is 8.21. The second-order valence-electron chi connectivity index (χ2n) is 10.7. The fourth-order valence-corrected chi connectivity index (χ4v) is 6.39. The van der Waals surface area contributed by atoms with Gasteiger partial charge >= 0.3 is 0 Å². The third-order valence-corrected chi connectivity index (χ3v) is 8.44. The van der Waals surface area contributed by atoms with E-state index in [0.29, 0.717) is 56.6 Å². The van der Waals surface area contributed by atoms with Gasteiger partial charge in [0, 0.05) is 67.4 Å². The Labute approximate surface area is 232 Å². The molecular formula is C30H33ClN4O4. The molecule has 1 aromatic heterocycles. The first-order valence-electron chi connectivity index (χ1n) is 13.8. The molecule has 204 valence electrons. The van der Waals surface area contributed by atoms with Crippen molar-refractivity contribution < 1.29 is 14.3 Å². The zero-order chi connectivity index (χ0) is 26.9. The lowest BCUT2D eigenvalue weighted by Gasteiger charge is -2.40. The number of fused-ring (bicyclic) bond motifs is 1. The number of amides is 2. The highest BCUT2D eigenvalue weighted by molar-refractivity contribution is 6.31. The van der Waals surface area contributed by atoms with E-state index in [1.807, 2.05) is 52.3 Å². The van der Waals surface area contributed by atoms with Gasteiger partial charge < -0.3 is 24.4 Å². The Bertz CT molecular complexity index is 1430. The van der Waals surface area contributed by atoms with Gasteiger partial charge in [0.15, 0.2) is 0 Å². The second-order valence-corrected chi connectivity index (χ2v) is 11.1. The number of nitrogens with zero attached hydrogens (tertiary/aromatic N) is 3. The van der Waals surface area contributed by atoms with Crippen LogP contribution in [0.25, 0.3) is 22.0 Å². The molecule has 0 aliphatic carbocycles. The number of anilines is 1. The normalized spacial score (nSPS) is 21.9. The molecule has 3 aromatic rings. The Morgan fingerprint density at radius 2 is 1.64 bits per heavy atom. The van der Waals surface area contributed by atoms with Gasteiger partial charge in [0.05, 0.1) is 5.92 Å². The van der Waals surface area contributed by atoms with Crippen LogP contribution in [0, 0.1) is 5.92 Å². The number of aromatic amines is 1. The topological polar surface area (TPSA) is 86.0 Å². The summed E-state index contributed by atoms with van der Waals surface area (Å²) in [5.41, 5.74) is 2.92. The summed E-state index contributed by atoms with van der Waals surface area (Å²) in [4.78, 5) is 48.7. The maximum Gasteiger partial charge on any atom is 0.272 e. The SMILES string of the molecule is O=C([C@H]1CCCN(c2c(-c3ccccc3)c3cc(Cl)ccc3[nH]c2=O)C1)N1CCN(C(=O)[C@H]2CCCO2)CC1. The smallest absolute Gasteiger partial charge is 0.272 e. The molecule has 0 bridgehead atoms. The minimum atomic E-state index is -0.326. The molecule has 8 nitrogen and oxygen atoms in total. The molecule has 1 N–H and O–H groups in total. The van der Waals surface area contributed by atoms with E-state index in [4.69, 9.17) is 16.3 Å². The predicted octanol–water partition coefficient (Wildman–Crippen LogP) is 3.91. The average molecular weight is 549 g/mol. The van der Waals surface area contributed by atoms with Gasteiger partial charge in [0.25, 0.3) is 11.5 Å². The van der Waals surface area contributed by atoms with Crippen molar-refractivity contribution in [1.29, 1.82) is 0 Å². The summed E-state index contributed by atoms with van der Waals surface area (Å²) in [5.74, 6) is -0.0600. The van der Waals surface area contributed by atoms with E-state index in [9.17, 15) is 14.4 Å². The van der Waals surface area contributed by atoms with Gasteiger partial charge in [-0.25, -0.2) is 0 Å². The first kappa shape index (κ1) is 25.9. The Kier molecular flexibility index (Phi) is 7.32. The summed E-state index contributed by atoms with van der Waals surface area (Å²) in [6, 6.07) is 15.4. The number of rotatable bonds is 4. The highest BCUT2D eigenvalue weighted by Gasteiger charge is 2.35. The van der Waals surface area contributed by atoms with Crippen LogP contribution in [0.15, 0.2) is 53.3 Å². The number of hydrogen-bond donors (Lipinski definition) is 1. The summed E-state index contributed by atoms with van der Waals surface area (Å²) in [7, 11) is 0. The number of piperidine rings is 1. The number of carbonyl (C=O) groups excluding carboxylic acids is 2. The quantitative estimate of drug-likeness (QED) is 0.534. The highest BCUT2D eigenvalue weighted by atomic mass is 35.5. The van der Waals surface area contributed by atoms with Crippen LogP contribution in [0.3, 0.4) is 0 Å². The van der Waals surface area contributed by atoms with Crippen molar-refractivity contribution in [2.45, 2.75) is 31.8 Å². The minimum absolute atomic E-state index is 0.0486. The zero-order valence-corrected chi connectivity index (χ0v) is 22.7. The van der Waals surface area contributed by atoms with Gasteiger partial charge in [-0.1, -0.05) is 41.9 Å². The van der Waals surface area contributed by atoms with Crippen molar-refractivity contribution >= 4 is 40.0 Å². The van der Waals surface area contributed by atoms with E-state index in [1.165, 1.54) is 0 Å². The minimum Gasteiger partial charge on any atom is -0.368 e. The molecule has 3 aliphatic rings. The van der Waals surface area contributed by atoms with Crippen LogP contribution < -0.4 is 10.5 Å². The Hall–Kier alpha value is -3.36. The summed E-state index contributed by atoms with van der Waals surface area (Å²) >= 11 is 6.39. The van der Waals surface area contributed by atoms with Crippen LogP contribution in [0.4, 0.5) is 5.69 Å². The number of hydrogen-bond acceptors (Lipinski definition) is 5. The van der Waals surface area contributed by atoms with Gasteiger partial charge in [-0.2, -0.15) is 0 Å². The lowest BCUT2D eigenvalue weighted by atomic mass is 9.93. The number of H-pyrrole nitrogens is 1. The molecule has 2 aromatic carbocycles. The van der Waals surface area contributed by atoms with E-state index in [1.54, 1.807) is 6.07 Å². The number of nitrogens with one attached hydrogen (secondary N) is 1. The first-order valence-corrected chi connectivity index (χ1v) is 14.2. The Morgan fingerprint density at radius 1 is 0.897 bits per heavy atom. The molecule has 4 heterocycles. The van der Waals surface area contributed by atoms with Crippen molar-refractivity contribution in [3.05, 3.63) is 63.9 Å². The predicted molar refractivity (Wildman–Crippen MR) is 152 cm³/mol. The molecular weight excluding hydrogens is 516 g/mol. The Balaban J connectivity index is 1.23. The van der Waals surface area contributed by atoms with Crippen LogP contribution in [0.1, 0.15) is 25.7 Å². The molecule has 39 heavy (non-hydrogen) atoms. The molecule has 3 fully saturated rings. The molecule has 0 spiro atoms. The zero-order valence-electron chi connectivity index (χ0n) is 21.9. The number of halogens is 1. The fourth-order valence-electron chi connectivity index (χ4n) is 6.22. The molecule has 3 saturated heterocycles. The highest BCUT2D eigenvalue weighted by Crippen LogP contribution is 2.37. The van der Waals surface area contributed by atoms with Crippen LogP contribution in [-0.4, -0.2) is 78.6 Å². The van der Waals surface area contributed by atoms with Crippen molar-refractivity contribution in [2.24, 2.45) is 5.92 Å². The molecule has 6 rings (SSSR count). The number of piperazine rings is 1. The number of pyridine rings is 1. The Morgan fingerprint density at radius 3 is 2.36 bits per heavy atom. The van der Waals surface area contributed by atoms with Crippen LogP contribution in [-0.2, 0) is 14.3 Å². The largest absolute Gasteiger partial charge is 0.368 e. The van der Waals surface area contributed by atoms with E-state index < -0.39 is 0 Å². The molecule has 2 atom stereocenters. The lowest BCUT2D eigenvalue weighted by molar-refractivity contribution is -0.147. The van der Waals surface area contributed by atoms with Crippen molar-refractivity contribution in [3.63, 3.8) is 0 Å². The van der Waals surface area contributed by atoms with Gasteiger partial charge in [-0.3, -0.25) is 14.4 Å². The van der Waals surface area contributed by atoms with Crippen molar-refractivity contribution in [2.75, 3.05) is 50.8 Å². The molecule has 0 saturated carbocycles. The number of ether oxygens (including phenoxy) is 1. The van der Waals surface area contributed by atoms with E-state index in [-0.39, 0.29) is 29.4 Å². The van der Waals surface area contributed by atoms with Crippen LogP contribution in [0.5, 0.6) is 0 Å². The maximum absolute atomic E-state index is 13.6.